The third kappa shape index (κ3) is 5.67. The first kappa shape index (κ1) is 19.6. The number of rotatable bonds is 7. The molecule has 0 aliphatic rings. The Morgan fingerprint density at radius 3 is 2.48 bits per heavy atom. The second kappa shape index (κ2) is 9.18. The topological polar surface area (TPSA) is 123 Å². The van der Waals surface area contributed by atoms with Gasteiger partial charge in [0.15, 0.2) is 5.69 Å². The number of aromatic nitrogens is 2. The summed E-state index contributed by atoms with van der Waals surface area (Å²) in [4.78, 5) is 30.7. The van der Waals surface area contributed by atoms with Crippen LogP contribution in [0.2, 0.25) is 0 Å². The number of hydrogen-bond donors (Lipinski definition) is 3. The third-order valence-electron chi connectivity index (χ3n) is 3.77. The molecular weight excluding hydrogens is 376 g/mol. The normalized spacial score (nSPS) is 10.1. The van der Waals surface area contributed by atoms with Crippen molar-refractivity contribution in [3.8, 4) is 17.4 Å². The van der Waals surface area contributed by atoms with E-state index in [4.69, 9.17) is 14.6 Å². The number of carbonyl (C=O) groups is 2. The highest BCUT2D eigenvalue weighted by atomic mass is 16.5. The van der Waals surface area contributed by atoms with Crippen LogP contribution in [0.3, 0.4) is 0 Å². The Kier molecular flexibility index (Phi) is 6.21. The van der Waals surface area contributed by atoms with Crippen LogP contribution in [0.25, 0.3) is 0 Å². The molecule has 2 heterocycles. The molecular formula is C20H18N4O5. The van der Waals surface area contributed by atoms with Crippen LogP contribution in [0.5, 0.6) is 17.4 Å². The fraction of sp³-hybridized carbons (Fsp3) is 0.100. The Morgan fingerprint density at radius 2 is 1.83 bits per heavy atom. The van der Waals surface area contributed by atoms with Crippen LogP contribution >= 0.6 is 0 Å². The van der Waals surface area contributed by atoms with Crippen molar-refractivity contribution >= 4 is 17.7 Å². The Bertz CT molecular complexity index is 991. The molecule has 0 aliphatic carbocycles. The average molecular weight is 394 g/mol. The molecule has 3 aromatic rings. The number of benzene rings is 1. The van der Waals surface area contributed by atoms with Gasteiger partial charge in [-0.1, -0.05) is 12.1 Å². The van der Waals surface area contributed by atoms with Crippen LogP contribution in [0.4, 0.5) is 10.5 Å². The number of hydrogen-bond acceptors (Lipinski definition) is 6. The van der Waals surface area contributed by atoms with E-state index in [2.05, 4.69) is 20.6 Å². The molecule has 0 saturated carbocycles. The number of aromatic carboxylic acids is 1. The summed E-state index contributed by atoms with van der Waals surface area (Å²) in [7, 11) is 1.52. The first-order chi connectivity index (χ1) is 14.0. The van der Waals surface area contributed by atoms with Crippen molar-refractivity contribution in [3.63, 3.8) is 0 Å². The summed E-state index contributed by atoms with van der Waals surface area (Å²) in [6.07, 6.45) is 2.87. The van der Waals surface area contributed by atoms with E-state index >= 15 is 0 Å². The van der Waals surface area contributed by atoms with Gasteiger partial charge >= 0.3 is 12.0 Å². The quantitative estimate of drug-likeness (QED) is 0.562. The van der Waals surface area contributed by atoms with Gasteiger partial charge in [-0.05, 0) is 29.8 Å². The molecule has 0 unspecified atom stereocenters. The number of methoxy groups -OCH3 is 1. The summed E-state index contributed by atoms with van der Waals surface area (Å²) < 4.78 is 10.6. The van der Waals surface area contributed by atoms with E-state index in [0.29, 0.717) is 29.6 Å². The second-order valence-corrected chi connectivity index (χ2v) is 5.82. The molecule has 0 radical (unpaired) electrons. The molecule has 0 spiro atoms. The molecule has 2 amide bonds. The van der Waals surface area contributed by atoms with Gasteiger partial charge in [-0.15, -0.1) is 0 Å². The molecule has 0 bridgehead atoms. The van der Waals surface area contributed by atoms with Crippen molar-refractivity contribution in [1.29, 1.82) is 0 Å². The molecule has 0 fully saturated rings. The predicted octanol–water partition coefficient (Wildman–Crippen LogP) is 3.30. The highest BCUT2D eigenvalue weighted by Crippen LogP contribution is 2.22. The molecule has 2 aromatic heterocycles. The second-order valence-electron chi connectivity index (χ2n) is 5.82. The van der Waals surface area contributed by atoms with Crippen LogP contribution in [0, 0.1) is 0 Å². The number of ether oxygens (including phenoxy) is 2. The fourth-order valence-corrected chi connectivity index (χ4v) is 2.34. The zero-order valence-corrected chi connectivity index (χ0v) is 15.5. The highest BCUT2D eigenvalue weighted by Gasteiger charge is 2.07. The molecule has 0 atom stereocenters. The van der Waals surface area contributed by atoms with Crippen LogP contribution in [0.1, 0.15) is 16.1 Å². The van der Waals surface area contributed by atoms with E-state index in [-0.39, 0.29) is 11.7 Å². The zero-order chi connectivity index (χ0) is 20.6. The maximum atomic E-state index is 12.0. The van der Waals surface area contributed by atoms with E-state index in [1.807, 2.05) is 0 Å². The Morgan fingerprint density at radius 1 is 1.03 bits per heavy atom. The smallest absolute Gasteiger partial charge is 0.354 e. The number of carboxylic acid groups (broad SMARTS) is 1. The lowest BCUT2D eigenvalue weighted by molar-refractivity contribution is 0.0690. The van der Waals surface area contributed by atoms with Crippen LogP contribution < -0.4 is 20.1 Å². The van der Waals surface area contributed by atoms with Crippen molar-refractivity contribution in [3.05, 3.63) is 72.2 Å². The van der Waals surface area contributed by atoms with Crippen molar-refractivity contribution in [2.75, 3.05) is 12.4 Å². The number of carbonyl (C=O) groups excluding carboxylic acids is 1. The SMILES string of the molecule is COc1ccc(NC(=O)NCc2ccc(Oc3ccnc(C(=O)O)c3)cc2)cn1. The van der Waals surface area contributed by atoms with Crippen molar-refractivity contribution < 1.29 is 24.2 Å². The van der Waals surface area contributed by atoms with Gasteiger partial charge < -0.3 is 25.2 Å². The number of carboxylic acids is 1. The standard InChI is InChI=1S/C20H18N4O5/c1-28-18-7-4-14(12-22-18)24-20(27)23-11-13-2-5-15(6-3-13)29-16-8-9-21-17(10-16)19(25)26/h2-10,12H,11H2,1H3,(H,25,26)(H2,23,24,27). The van der Waals surface area contributed by atoms with Gasteiger partial charge in [0.2, 0.25) is 5.88 Å². The Hall–Kier alpha value is -4.14. The maximum absolute atomic E-state index is 12.0. The molecule has 3 N–H and O–H groups in total. The maximum Gasteiger partial charge on any atom is 0.354 e. The number of nitrogens with one attached hydrogen (secondary N) is 2. The van der Waals surface area contributed by atoms with Gasteiger partial charge in [-0.3, -0.25) is 0 Å². The minimum absolute atomic E-state index is 0.0959. The molecule has 3 rings (SSSR count). The van der Waals surface area contributed by atoms with Crippen LogP contribution in [-0.4, -0.2) is 34.2 Å². The molecule has 0 saturated heterocycles. The summed E-state index contributed by atoms with van der Waals surface area (Å²) in [5, 5.41) is 14.4. The lowest BCUT2D eigenvalue weighted by atomic mass is 10.2. The summed E-state index contributed by atoms with van der Waals surface area (Å²) in [5.41, 5.74) is 1.31. The predicted molar refractivity (Wildman–Crippen MR) is 104 cm³/mol. The molecule has 9 nitrogen and oxygen atoms in total. The number of anilines is 1. The lowest BCUT2D eigenvalue weighted by Gasteiger charge is -2.09. The monoisotopic (exact) mass is 394 g/mol. The van der Waals surface area contributed by atoms with Gasteiger partial charge in [0, 0.05) is 24.9 Å². The molecule has 1 aromatic carbocycles. The summed E-state index contributed by atoms with van der Waals surface area (Å²) >= 11 is 0. The van der Waals surface area contributed by atoms with Gasteiger partial charge in [0.1, 0.15) is 11.5 Å². The Labute approximate surface area is 166 Å². The fourth-order valence-electron chi connectivity index (χ4n) is 2.34. The number of nitrogens with zero attached hydrogens (tertiary/aromatic N) is 2. The average Bonchev–Trinajstić information content (AvgIpc) is 2.74. The minimum Gasteiger partial charge on any atom is -0.481 e. The highest BCUT2D eigenvalue weighted by molar-refractivity contribution is 5.89. The lowest BCUT2D eigenvalue weighted by Crippen LogP contribution is -2.28. The summed E-state index contributed by atoms with van der Waals surface area (Å²) in [6, 6.07) is 12.9. The summed E-state index contributed by atoms with van der Waals surface area (Å²) in [5.74, 6) is 0.241. The van der Waals surface area contributed by atoms with Gasteiger partial charge in [0.25, 0.3) is 0 Å². The largest absolute Gasteiger partial charge is 0.481 e. The van der Waals surface area contributed by atoms with Crippen molar-refractivity contribution in [2.24, 2.45) is 0 Å². The van der Waals surface area contributed by atoms with Crippen LogP contribution in [-0.2, 0) is 6.54 Å². The van der Waals surface area contributed by atoms with Crippen molar-refractivity contribution in [2.45, 2.75) is 6.54 Å². The number of amides is 2. The van der Waals surface area contributed by atoms with E-state index < -0.39 is 5.97 Å². The van der Waals surface area contributed by atoms with E-state index in [9.17, 15) is 9.59 Å². The zero-order valence-electron chi connectivity index (χ0n) is 15.5. The van der Waals surface area contributed by atoms with Gasteiger partial charge in [-0.2, -0.15) is 0 Å². The first-order valence-corrected chi connectivity index (χ1v) is 8.54. The first-order valence-electron chi connectivity index (χ1n) is 8.54. The number of urea groups is 1. The molecule has 9 heteroatoms. The third-order valence-corrected chi connectivity index (χ3v) is 3.77. The minimum atomic E-state index is -1.12. The Balaban J connectivity index is 1.51. The van der Waals surface area contributed by atoms with Crippen molar-refractivity contribution in [1.82, 2.24) is 15.3 Å². The molecule has 0 aliphatic heterocycles. The van der Waals surface area contributed by atoms with Crippen LogP contribution in [0.15, 0.2) is 60.9 Å². The number of pyridine rings is 2. The van der Waals surface area contributed by atoms with E-state index in [0.717, 1.165) is 5.56 Å². The summed E-state index contributed by atoms with van der Waals surface area (Å²) in [6.45, 7) is 0.314. The van der Waals surface area contributed by atoms with Gasteiger partial charge in [-0.25, -0.2) is 19.6 Å². The van der Waals surface area contributed by atoms with Gasteiger partial charge in [0.05, 0.1) is 19.0 Å². The van der Waals surface area contributed by atoms with E-state index in [1.54, 1.807) is 42.5 Å². The van der Waals surface area contributed by atoms with E-state index in [1.165, 1.54) is 25.6 Å². The molecule has 148 valence electrons. The molecule has 29 heavy (non-hydrogen) atoms.